The fourth-order valence-electron chi connectivity index (χ4n) is 5.65. The number of hydrogen-bond acceptors (Lipinski definition) is 9. The Balaban J connectivity index is 1.85. The Labute approximate surface area is 238 Å². The Hall–Kier alpha value is -4.03. The summed E-state index contributed by atoms with van der Waals surface area (Å²) in [6, 6.07) is 2.27. The molecular formula is C29H37N3O9. The van der Waals surface area contributed by atoms with Crippen molar-refractivity contribution in [2.75, 3.05) is 67.8 Å². The lowest BCUT2D eigenvalue weighted by Gasteiger charge is -2.29. The van der Waals surface area contributed by atoms with Gasteiger partial charge < -0.3 is 43.6 Å². The van der Waals surface area contributed by atoms with E-state index >= 15 is 0 Å². The number of hydrogen-bond donors (Lipinski definition) is 2. The van der Waals surface area contributed by atoms with Crippen LogP contribution in [0, 0.1) is 13.8 Å². The van der Waals surface area contributed by atoms with Gasteiger partial charge in [-0.25, -0.2) is 4.79 Å². The largest absolute Gasteiger partial charge is 0.872 e. The van der Waals surface area contributed by atoms with Gasteiger partial charge >= 0.3 is 5.97 Å². The number of nitrogens with zero attached hydrogens (tertiary/aromatic N) is 1. The molecule has 2 fully saturated rings. The highest BCUT2D eigenvalue weighted by Gasteiger charge is 2.45. The topological polar surface area (TPSA) is 144 Å². The van der Waals surface area contributed by atoms with Gasteiger partial charge in [0.1, 0.15) is 18.8 Å². The molecule has 1 atom stereocenters. The van der Waals surface area contributed by atoms with Crippen LogP contribution in [0.3, 0.4) is 0 Å². The van der Waals surface area contributed by atoms with Gasteiger partial charge in [0.05, 0.1) is 54.2 Å². The van der Waals surface area contributed by atoms with Crippen molar-refractivity contribution in [3.63, 3.8) is 0 Å². The summed E-state index contributed by atoms with van der Waals surface area (Å²) in [7, 11) is 5.64. The molecule has 4 rings (SSSR count). The molecule has 0 aliphatic carbocycles. The molecule has 1 unspecified atom stereocenters. The highest BCUT2D eigenvalue weighted by atomic mass is 16.5. The third-order valence-electron chi connectivity index (χ3n) is 7.72. The van der Waals surface area contributed by atoms with Crippen molar-refractivity contribution in [3.8, 4) is 17.2 Å². The van der Waals surface area contributed by atoms with E-state index in [0.29, 0.717) is 53.7 Å². The predicted molar refractivity (Wildman–Crippen MR) is 145 cm³/mol. The van der Waals surface area contributed by atoms with Gasteiger partial charge in [-0.15, -0.1) is 0 Å². The molecule has 0 radical (unpaired) electrons. The molecule has 3 heterocycles. The second kappa shape index (κ2) is 12.6. The van der Waals surface area contributed by atoms with E-state index in [0.717, 1.165) is 19.6 Å². The summed E-state index contributed by atoms with van der Waals surface area (Å²) in [5.74, 6) is -1.94. The van der Waals surface area contributed by atoms with Crippen molar-refractivity contribution in [2.45, 2.75) is 26.3 Å². The predicted octanol–water partition coefficient (Wildman–Crippen LogP) is -0.0269. The van der Waals surface area contributed by atoms with E-state index in [1.165, 1.54) is 38.2 Å². The molecule has 2 saturated heterocycles. The number of ether oxygens (including phenoxy) is 5. The Morgan fingerprint density at radius 3 is 2.27 bits per heavy atom. The van der Waals surface area contributed by atoms with Crippen molar-refractivity contribution >= 4 is 23.4 Å². The number of H-pyrrole nitrogens is 1. The molecular weight excluding hydrogens is 534 g/mol. The molecule has 12 nitrogen and oxygen atoms in total. The highest BCUT2D eigenvalue weighted by molar-refractivity contribution is 6.46. The molecule has 222 valence electrons. The van der Waals surface area contributed by atoms with Crippen molar-refractivity contribution in [3.05, 3.63) is 45.8 Å². The smallest absolute Gasteiger partial charge is 0.354 e. The second-order valence-electron chi connectivity index (χ2n) is 10.0. The molecule has 0 saturated carbocycles. The minimum Gasteiger partial charge on any atom is -0.872 e. The Bertz CT molecular complexity index is 1330. The lowest BCUT2D eigenvalue weighted by atomic mass is 9.93. The number of aromatic amines is 1. The summed E-state index contributed by atoms with van der Waals surface area (Å²) in [6.07, 6.45) is 0.617. The van der Waals surface area contributed by atoms with Crippen LogP contribution in [-0.2, 0) is 19.1 Å². The van der Waals surface area contributed by atoms with Gasteiger partial charge in [0.15, 0.2) is 11.5 Å². The first-order valence-corrected chi connectivity index (χ1v) is 13.4. The van der Waals surface area contributed by atoms with Crippen molar-refractivity contribution < 1.29 is 48.1 Å². The molecule has 2 aliphatic heterocycles. The monoisotopic (exact) mass is 571 g/mol. The van der Waals surface area contributed by atoms with Crippen molar-refractivity contribution in [1.29, 1.82) is 0 Å². The first-order chi connectivity index (χ1) is 19.7. The summed E-state index contributed by atoms with van der Waals surface area (Å²) < 4.78 is 26.8. The number of methoxy groups -OCH3 is 4. The van der Waals surface area contributed by atoms with Crippen molar-refractivity contribution in [1.82, 2.24) is 9.88 Å². The molecule has 1 amide bonds. The molecule has 2 N–H and O–H groups in total. The number of aryl methyl sites for hydroxylation is 1. The van der Waals surface area contributed by atoms with E-state index in [-0.39, 0.29) is 23.4 Å². The molecule has 2 aliphatic rings. The first-order valence-electron chi connectivity index (χ1n) is 13.4. The third-order valence-corrected chi connectivity index (χ3v) is 7.72. The Morgan fingerprint density at radius 1 is 1.07 bits per heavy atom. The van der Waals surface area contributed by atoms with Crippen LogP contribution >= 0.6 is 0 Å². The molecule has 1 aromatic carbocycles. The van der Waals surface area contributed by atoms with E-state index in [1.54, 1.807) is 26.0 Å². The Kier molecular flexibility index (Phi) is 9.24. The molecule has 2 aromatic rings. The van der Waals surface area contributed by atoms with E-state index in [4.69, 9.17) is 23.7 Å². The lowest BCUT2D eigenvalue weighted by molar-refractivity contribution is -0.908. The van der Waals surface area contributed by atoms with E-state index in [1.807, 2.05) is 0 Å². The van der Waals surface area contributed by atoms with Gasteiger partial charge in [0, 0.05) is 24.2 Å². The number of carbonyl (C=O) groups excluding carboxylic acids is 3. The van der Waals surface area contributed by atoms with E-state index in [9.17, 15) is 19.5 Å². The van der Waals surface area contributed by atoms with Crippen LogP contribution in [0.4, 0.5) is 0 Å². The van der Waals surface area contributed by atoms with Gasteiger partial charge in [-0.05, 0) is 42.7 Å². The Morgan fingerprint density at radius 2 is 1.71 bits per heavy atom. The average molecular weight is 572 g/mol. The SMILES string of the molecule is COC(=O)c1[nH]c(C)c(C([O-])=C2C(=O)C(=O)N(CCC[NH+]3CCOCC3)C2c2cc(OC)c(OC)c(OC)c2)c1C. The van der Waals surface area contributed by atoms with Crippen LogP contribution in [0.5, 0.6) is 17.2 Å². The zero-order valence-corrected chi connectivity index (χ0v) is 24.3. The zero-order valence-electron chi connectivity index (χ0n) is 24.3. The standard InChI is InChI=1S/C29H37N3O9/c1-16-21(17(2)30-23(16)29(36)40-6)25(33)22-24(18-14-19(37-3)27(39-5)20(15-18)38-4)32(28(35)26(22)34)9-7-8-31-10-12-41-13-11-31/h14-15,24,30,33H,7-13H2,1-6H3. The number of amides is 1. The number of rotatable bonds is 10. The number of quaternary nitrogens is 1. The van der Waals surface area contributed by atoms with Gasteiger partial charge in [-0.3, -0.25) is 9.59 Å². The van der Waals surface area contributed by atoms with Gasteiger partial charge in [0.25, 0.3) is 5.91 Å². The number of aromatic nitrogens is 1. The number of likely N-dealkylation sites (tertiary alicyclic amines) is 1. The molecule has 12 heteroatoms. The highest BCUT2D eigenvalue weighted by Crippen LogP contribution is 2.45. The number of nitrogens with one attached hydrogen (secondary N) is 2. The van der Waals surface area contributed by atoms with Crippen LogP contribution in [0.1, 0.15) is 45.3 Å². The number of Topliss-reactive ketones (excluding diaryl/α,β-unsaturated/α-hetero) is 1. The van der Waals surface area contributed by atoms with Gasteiger partial charge in [-0.1, -0.05) is 5.76 Å². The third kappa shape index (κ3) is 5.62. The zero-order chi connectivity index (χ0) is 29.8. The van der Waals surface area contributed by atoms with E-state index < -0.39 is 29.5 Å². The maximum atomic E-state index is 14.1. The summed E-state index contributed by atoms with van der Waals surface area (Å²) in [5.41, 5.74) is 1.24. The number of carbonyl (C=O) groups is 3. The molecule has 41 heavy (non-hydrogen) atoms. The number of ketones is 1. The number of benzene rings is 1. The molecule has 0 spiro atoms. The minimum atomic E-state index is -1.01. The quantitative estimate of drug-likeness (QED) is 0.174. The lowest BCUT2D eigenvalue weighted by Crippen LogP contribution is -3.14. The second-order valence-corrected chi connectivity index (χ2v) is 10.0. The van der Waals surface area contributed by atoms with Gasteiger partial charge in [-0.2, -0.15) is 0 Å². The maximum Gasteiger partial charge on any atom is 0.354 e. The first kappa shape index (κ1) is 29.9. The van der Waals surface area contributed by atoms with Gasteiger partial charge in [0.2, 0.25) is 11.5 Å². The fourth-order valence-corrected chi connectivity index (χ4v) is 5.65. The number of esters is 1. The van der Waals surface area contributed by atoms with Crippen LogP contribution in [0.2, 0.25) is 0 Å². The van der Waals surface area contributed by atoms with E-state index in [2.05, 4.69) is 4.98 Å². The van der Waals surface area contributed by atoms with Crippen LogP contribution < -0.4 is 24.2 Å². The summed E-state index contributed by atoms with van der Waals surface area (Å²) in [4.78, 5) is 45.0. The van der Waals surface area contributed by atoms with Crippen molar-refractivity contribution in [2.24, 2.45) is 0 Å². The maximum absolute atomic E-state index is 14.1. The van der Waals surface area contributed by atoms with Crippen LogP contribution in [0.25, 0.3) is 5.76 Å². The number of morpholine rings is 1. The molecule has 0 bridgehead atoms. The molecule has 1 aromatic heterocycles. The average Bonchev–Trinajstić information content (AvgIpc) is 3.43. The van der Waals surface area contributed by atoms with Crippen LogP contribution in [-0.4, -0.2) is 95.4 Å². The minimum absolute atomic E-state index is 0.111. The summed E-state index contributed by atoms with van der Waals surface area (Å²) >= 11 is 0. The fraction of sp³-hybridized carbons (Fsp3) is 0.483. The summed E-state index contributed by atoms with van der Waals surface area (Å²) in [5, 5.41) is 14.1. The van der Waals surface area contributed by atoms with Crippen LogP contribution in [0.15, 0.2) is 17.7 Å². The normalized spacial score (nSPS) is 19.0. The summed E-state index contributed by atoms with van der Waals surface area (Å²) in [6.45, 7) is 7.37.